The fourth-order valence-corrected chi connectivity index (χ4v) is 2.95. The molecule has 0 aromatic carbocycles. The van der Waals surface area contributed by atoms with E-state index in [1.54, 1.807) is 6.20 Å². The standard InChI is InChI=1S/C19H26N4/c1-15(22(2)17-8-6-12-20-13-17)18-14-21-19(23(18)3)9-5-4-7-16-10-11-16/h6,8,12-14,16H,1,4-5,7,9-11H2,2-3H3. The van der Waals surface area contributed by atoms with E-state index < -0.39 is 0 Å². The van der Waals surface area contributed by atoms with E-state index in [4.69, 9.17) is 0 Å². The van der Waals surface area contributed by atoms with Gasteiger partial charge >= 0.3 is 0 Å². The Morgan fingerprint density at radius 1 is 1.35 bits per heavy atom. The normalized spacial score (nSPS) is 14.0. The Hall–Kier alpha value is -2.10. The SMILES string of the molecule is C=C(c1cnc(CCCCC2CC2)n1C)N(C)c1cccnc1. The van der Waals surface area contributed by atoms with Gasteiger partial charge < -0.3 is 9.47 Å². The van der Waals surface area contributed by atoms with Crippen molar-refractivity contribution in [2.24, 2.45) is 13.0 Å². The van der Waals surface area contributed by atoms with Crippen LogP contribution in [-0.2, 0) is 13.5 Å². The minimum Gasteiger partial charge on any atom is -0.342 e. The highest BCUT2D eigenvalue weighted by Crippen LogP contribution is 2.34. The Morgan fingerprint density at radius 3 is 2.87 bits per heavy atom. The highest BCUT2D eigenvalue weighted by Gasteiger charge is 2.20. The van der Waals surface area contributed by atoms with E-state index in [1.165, 1.54) is 32.1 Å². The zero-order chi connectivity index (χ0) is 16.2. The largest absolute Gasteiger partial charge is 0.342 e. The molecule has 0 bridgehead atoms. The van der Waals surface area contributed by atoms with Crippen LogP contribution in [-0.4, -0.2) is 21.6 Å². The Kier molecular flexibility index (Phi) is 4.79. The van der Waals surface area contributed by atoms with Gasteiger partial charge in [-0.1, -0.05) is 32.3 Å². The molecular weight excluding hydrogens is 284 g/mol. The van der Waals surface area contributed by atoms with Gasteiger partial charge in [0.05, 0.1) is 29.5 Å². The van der Waals surface area contributed by atoms with Crippen molar-refractivity contribution >= 4 is 11.4 Å². The second-order valence-electron chi connectivity index (χ2n) is 6.52. The van der Waals surface area contributed by atoms with E-state index in [1.807, 2.05) is 31.6 Å². The first kappa shape index (κ1) is 15.8. The lowest BCUT2D eigenvalue weighted by Gasteiger charge is -2.21. The Bertz CT molecular complexity index is 655. The average Bonchev–Trinajstić information content (AvgIpc) is 3.34. The van der Waals surface area contributed by atoms with Crippen LogP contribution in [0.2, 0.25) is 0 Å². The first-order valence-electron chi connectivity index (χ1n) is 8.50. The summed E-state index contributed by atoms with van der Waals surface area (Å²) in [5.74, 6) is 2.18. The van der Waals surface area contributed by atoms with E-state index >= 15 is 0 Å². The number of aromatic nitrogens is 3. The summed E-state index contributed by atoms with van der Waals surface area (Å²) in [5, 5.41) is 0. The molecule has 2 aromatic heterocycles. The van der Waals surface area contributed by atoms with Gasteiger partial charge in [-0.25, -0.2) is 4.98 Å². The van der Waals surface area contributed by atoms with Crippen LogP contribution in [0.25, 0.3) is 5.70 Å². The predicted octanol–water partition coefficient (Wildman–Crippen LogP) is 4.05. The number of rotatable bonds is 8. The molecular formula is C19H26N4. The third kappa shape index (κ3) is 3.81. The van der Waals surface area contributed by atoms with Crippen LogP contribution in [0.1, 0.15) is 43.6 Å². The first-order chi connectivity index (χ1) is 11.2. The predicted molar refractivity (Wildman–Crippen MR) is 95.2 cm³/mol. The lowest BCUT2D eigenvalue weighted by Crippen LogP contribution is -2.17. The molecule has 1 aliphatic carbocycles. The number of hydrogen-bond donors (Lipinski definition) is 0. The molecule has 0 spiro atoms. The highest BCUT2D eigenvalue weighted by molar-refractivity contribution is 5.75. The van der Waals surface area contributed by atoms with Crippen molar-refractivity contribution in [2.75, 3.05) is 11.9 Å². The molecule has 3 rings (SSSR count). The van der Waals surface area contributed by atoms with Gasteiger partial charge in [0.2, 0.25) is 0 Å². The molecule has 0 radical (unpaired) electrons. The van der Waals surface area contributed by atoms with Gasteiger partial charge in [0.25, 0.3) is 0 Å². The smallest absolute Gasteiger partial charge is 0.108 e. The molecule has 2 aromatic rings. The Morgan fingerprint density at radius 2 is 2.17 bits per heavy atom. The number of imidazole rings is 1. The molecule has 4 heteroatoms. The monoisotopic (exact) mass is 310 g/mol. The fraction of sp³-hybridized carbons (Fsp3) is 0.474. The second-order valence-corrected chi connectivity index (χ2v) is 6.52. The van der Waals surface area contributed by atoms with Crippen molar-refractivity contribution in [3.05, 3.63) is 48.8 Å². The van der Waals surface area contributed by atoms with E-state index in [0.717, 1.165) is 35.2 Å². The van der Waals surface area contributed by atoms with Crippen LogP contribution in [0.15, 0.2) is 37.3 Å². The van der Waals surface area contributed by atoms with Gasteiger partial charge in [0, 0.05) is 26.7 Å². The van der Waals surface area contributed by atoms with Crippen LogP contribution < -0.4 is 4.90 Å². The number of nitrogens with zero attached hydrogens (tertiary/aromatic N) is 4. The van der Waals surface area contributed by atoms with Gasteiger partial charge in [-0.3, -0.25) is 4.98 Å². The second kappa shape index (κ2) is 6.99. The first-order valence-corrected chi connectivity index (χ1v) is 8.50. The van der Waals surface area contributed by atoms with Gasteiger partial charge in [0.15, 0.2) is 0 Å². The van der Waals surface area contributed by atoms with Gasteiger partial charge in [-0.2, -0.15) is 0 Å². The van der Waals surface area contributed by atoms with Crippen LogP contribution >= 0.6 is 0 Å². The van der Waals surface area contributed by atoms with Crippen LogP contribution in [0.4, 0.5) is 5.69 Å². The third-order valence-electron chi connectivity index (χ3n) is 4.78. The summed E-state index contributed by atoms with van der Waals surface area (Å²) in [6.45, 7) is 4.24. The van der Waals surface area contributed by atoms with E-state index in [-0.39, 0.29) is 0 Å². The summed E-state index contributed by atoms with van der Waals surface area (Å²) < 4.78 is 2.17. The number of hydrogen-bond acceptors (Lipinski definition) is 3. The maximum atomic E-state index is 4.60. The summed E-state index contributed by atoms with van der Waals surface area (Å²) in [7, 11) is 4.10. The molecule has 0 saturated heterocycles. The lowest BCUT2D eigenvalue weighted by atomic mass is 10.1. The van der Waals surface area contributed by atoms with Crippen molar-refractivity contribution in [2.45, 2.75) is 38.5 Å². The number of pyridine rings is 1. The summed E-state index contributed by atoms with van der Waals surface area (Å²) in [6.07, 6.45) is 13.5. The maximum Gasteiger partial charge on any atom is 0.108 e. The Balaban J connectivity index is 1.62. The van der Waals surface area contributed by atoms with E-state index in [2.05, 4.69) is 33.1 Å². The minimum absolute atomic E-state index is 0.942. The minimum atomic E-state index is 0.942. The van der Waals surface area contributed by atoms with Crippen LogP contribution in [0, 0.1) is 5.92 Å². The molecule has 0 amide bonds. The lowest BCUT2D eigenvalue weighted by molar-refractivity contribution is 0.609. The van der Waals surface area contributed by atoms with Crippen molar-refractivity contribution in [1.29, 1.82) is 0 Å². The molecule has 2 heterocycles. The third-order valence-corrected chi connectivity index (χ3v) is 4.78. The topological polar surface area (TPSA) is 34.0 Å². The van der Waals surface area contributed by atoms with E-state index in [9.17, 15) is 0 Å². The summed E-state index contributed by atoms with van der Waals surface area (Å²) >= 11 is 0. The zero-order valence-corrected chi connectivity index (χ0v) is 14.2. The van der Waals surface area contributed by atoms with Crippen LogP contribution in [0.3, 0.4) is 0 Å². The van der Waals surface area contributed by atoms with Gasteiger partial charge in [-0.15, -0.1) is 0 Å². The molecule has 1 aliphatic rings. The quantitative estimate of drug-likeness (QED) is 0.690. The zero-order valence-electron chi connectivity index (χ0n) is 14.2. The van der Waals surface area contributed by atoms with Crippen molar-refractivity contribution in [3.8, 4) is 0 Å². The van der Waals surface area contributed by atoms with Crippen molar-refractivity contribution in [3.63, 3.8) is 0 Å². The summed E-state index contributed by atoms with van der Waals surface area (Å²) in [5.41, 5.74) is 3.04. The van der Waals surface area contributed by atoms with Crippen molar-refractivity contribution in [1.82, 2.24) is 14.5 Å². The van der Waals surface area contributed by atoms with E-state index in [0.29, 0.717) is 0 Å². The van der Waals surface area contributed by atoms with Gasteiger partial charge in [0.1, 0.15) is 5.82 Å². The molecule has 0 atom stereocenters. The number of aryl methyl sites for hydroxylation is 1. The summed E-state index contributed by atoms with van der Waals surface area (Å²) in [4.78, 5) is 10.8. The molecule has 1 fully saturated rings. The number of unbranched alkanes of at least 4 members (excludes halogenated alkanes) is 1. The average molecular weight is 310 g/mol. The molecule has 1 saturated carbocycles. The molecule has 0 unspecified atom stereocenters. The number of anilines is 1. The summed E-state index contributed by atoms with van der Waals surface area (Å²) in [6, 6.07) is 3.97. The molecule has 23 heavy (non-hydrogen) atoms. The molecule has 122 valence electrons. The molecule has 4 nitrogen and oxygen atoms in total. The fourth-order valence-electron chi connectivity index (χ4n) is 2.95. The van der Waals surface area contributed by atoms with Crippen molar-refractivity contribution < 1.29 is 0 Å². The Labute approximate surface area is 138 Å². The highest BCUT2D eigenvalue weighted by atomic mass is 15.2. The van der Waals surface area contributed by atoms with Gasteiger partial charge in [-0.05, 0) is 24.5 Å². The maximum absolute atomic E-state index is 4.60. The van der Waals surface area contributed by atoms with Crippen LogP contribution in [0.5, 0.6) is 0 Å². The molecule has 0 aliphatic heterocycles. The molecule has 0 N–H and O–H groups in total.